The van der Waals surface area contributed by atoms with Crippen LogP contribution >= 0.6 is 7.26 Å². The van der Waals surface area contributed by atoms with Gasteiger partial charge >= 0.3 is 0 Å². The highest BCUT2D eigenvalue weighted by atomic mass is 127. The molecule has 4 heteroatoms. The molecule has 3 aromatic rings. The minimum absolute atomic E-state index is 0. The maximum absolute atomic E-state index is 5.82. The average Bonchev–Trinajstić information content (AvgIpc) is 2.88. The second-order valence-corrected chi connectivity index (χ2v) is 11.7. The smallest absolute Gasteiger partial charge is 0.157 e. The van der Waals surface area contributed by atoms with Crippen LogP contribution in [-0.2, 0) is 9.47 Å². The molecule has 172 valence electrons. The molecule has 0 bridgehead atoms. The number of benzene rings is 3. The Balaban J connectivity index is 0.00000306. The molecule has 2 nitrogen and oxygen atoms in total. The summed E-state index contributed by atoms with van der Waals surface area (Å²) < 4.78 is 11.5. The number of halogens is 1. The van der Waals surface area contributed by atoms with E-state index in [1.54, 1.807) is 0 Å². The minimum atomic E-state index is -1.78. The number of hydrogen-bond acceptors (Lipinski definition) is 2. The van der Waals surface area contributed by atoms with Crippen LogP contribution in [-0.4, -0.2) is 25.7 Å². The standard InChI is InChI=1S/C29H32O2P.HI/c1(13-23-30-29-22-12-14-24-31-29)2-15-25-32(26-16-6-3-7-17-26,27-18-8-4-9-19-27)28-20-10-5-11-21-28;/h3-11,16-21,29H,12-15,22-25H2;1H/q+1;/p-1. The van der Waals surface area contributed by atoms with Crippen LogP contribution in [0.5, 0.6) is 0 Å². The fourth-order valence-corrected chi connectivity index (χ4v) is 8.53. The van der Waals surface area contributed by atoms with Gasteiger partial charge in [0.2, 0.25) is 0 Å². The molecule has 0 spiro atoms. The monoisotopic (exact) mass is 570 g/mol. The third kappa shape index (κ3) is 6.90. The first-order valence-electron chi connectivity index (χ1n) is 11.6. The van der Waals surface area contributed by atoms with Crippen molar-refractivity contribution in [2.45, 2.75) is 38.4 Å². The molecule has 1 aliphatic rings. The van der Waals surface area contributed by atoms with E-state index < -0.39 is 7.26 Å². The van der Waals surface area contributed by atoms with Gasteiger partial charge in [0.1, 0.15) is 23.2 Å². The fourth-order valence-electron chi connectivity index (χ4n) is 4.37. The van der Waals surface area contributed by atoms with Crippen LogP contribution in [0.4, 0.5) is 0 Å². The third-order valence-electron chi connectivity index (χ3n) is 5.96. The summed E-state index contributed by atoms with van der Waals surface area (Å²) in [6, 6.07) is 33.0. The number of rotatable bonds is 8. The van der Waals surface area contributed by atoms with Crippen molar-refractivity contribution in [3.63, 3.8) is 0 Å². The molecule has 1 atom stereocenters. The van der Waals surface area contributed by atoms with Gasteiger partial charge in [0.05, 0.1) is 12.8 Å². The van der Waals surface area contributed by atoms with Gasteiger partial charge in [0.25, 0.3) is 0 Å². The van der Waals surface area contributed by atoms with Gasteiger partial charge in [-0.25, -0.2) is 0 Å². The topological polar surface area (TPSA) is 18.5 Å². The lowest BCUT2D eigenvalue weighted by atomic mass is 10.2. The van der Waals surface area contributed by atoms with Crippen LogP contribution in [0.25, 0.3) is 0 Å². The van der Waals surface area contributed by atoms with E-state index in [2.05, 4.69) is 103 Å². The van der Waals surface area contributed by atoms with Crippen LogP contribution in [0.3, 0.4) is 0 Å². The van der Waals surface area contributed by atoms with Gasteiger partial charge in [0.15, 0.2) is 6.29 Å². The highest BCUT2D eigenvalue weighted by Crippen LogP contribution is 2.55. The van der Waals surface area contributed by atoms with E-state index in [4.69, 9.17) is 9.47 Å². The summed E-state index contributed by atoms with van der Waals surface area (Å²) in [6.07, 6.45) is 5.98. The van der Waals surface area contributed by atoms with E-state index >= 15 is 0 Å². The molecule has 0 amide bonds. The average molecular weight is 570 g/mol. The van der Waals surface area contributed by atoms with Gasteiger partial charge in [-0.05, 0) is 55.7 Å². The first kappa shape index (κ1) is 25.9. The van der Waals surface area contributed by atoms with Crippen molar-refractivity contribution in [3.05, 3.63) is 91.0 Å². The van der Waals surface area contributed by atoms with E-state index in [1.165, 1.54) is 22.3 Å². The van der Waals surface area contributed by atoms with Crippen molar-refractivity contribution < 1.29 is 33.5 Å². The Morgan fingerprint density at radius 3 is 1.73 bits per heavy atom. The van der Waals surface area contributed by atoms with Crippen LogP contribution in [0.1, 0.15) is 32.1 Å². The first-order chi connectivity index (χ1) is 15.9. The summed E-state index contributed by atoms with van der Waals surface area (Å²) >= 11 is 0. The Kier molecular flexibility index (Phi) is 10.9. The van der Waals surface area contributed by atoms with Gasteiger partial charge < -0.3 is 33.5 Å². The Bertz CT molecular complexity index is 897. The zero-order valence-electron chi connectivity index (χ0n) is 19.0. The van der Waals surface area contributed by atoms with Crippen LogP contribution in [0, 0.1) is 11.8 Å². The molecule has 0 aliphatic carbocycles. The third-order valence-corrected chi connectivity index (χ3v) is 10.4. The molecular weight excluding hydrogens is 538 g/mol. The molecule has 4 rings (SSSR count). The molecule has 0 radical (unpaired) electrons. The van der Waals surface area contributed by atoms with Crippen LogP contribution in [0.2, 0.25) is 0 Å². The van der Waals surface area contributed by atoms with Crippen LogP contribution < -0.4 is 39.9 Å². The van der Waals surface area contributed by atoms with E-state index in [-0.39, 0.29) is 30.3 Å². The normalized spacial score (nSPS) is 15.7. The molecule has 1 unspecified atom stereocenters. The summed E-state index contributed by atoms with van der Waals surface area (Å²) in [6.45, 7) is 1.47. The van der Waals surface area contributed by atoms with Crippen molar-refractivity contribution in [3.8, 4) is 11.8 Å². The lowest BCUT2D eigenvalue weighted by molar-refractivity contribution is -0.161. The van der Waals surface area contributed by atoms with E-state index in [0.717, 1.165) is 38.5 Å². The van der Waals surface area contributed by atoms with E-state index in [0.29, 0.717) is 6.61 Å². The van der Waals surface area contributed by atoms with E-state index in [1.807, 2.05) is 0 Å². The Morgan fingerprint density at radius 1 is 0.727 bits per heavy atom. The van der Waals surface area contributed by atoms with Crippen molar-refractivity contribution in [1.82, 2.24) is 0 Å². The quantitative estimate of drug-likeness (QED) is 0.179. The molecule has 33 heavy (non-hydrogen) atoms. The summed E-state index contributed by atoms with van der Waals surface area (Å²) in [7, 11) is -1.78. The summed E-state index contributed by atoms with van der Waals surface area (Å²) in [5.74, 6) is 6.78. The lowest BCUT2D eigenvalue weighted by Crippen LogP contribution is -3.00. The molecule has 0 aromatic heterocycles. The second kappa shape index (κ2) is 13.9. The number of hydrogen-bond donors (Lipinski definition) is 0. The SMILES string of the molecule is C(#CCC[P+](c1ccccc1)(c1ccccc1)c1ccccc1)CCOC1CCCCO1.[I-]. The van der Waals surface area contributed by atoms with Gasteiger partial charge in [-0.3, -0.25) is 0 Å². The van der Waals surface area contributed by atoms with E-state index in [9.17, 15) is 0 Å². The van der Waals surface area contributed by atoms with Gasteiger partial charge in [-0.1, -0.05) is 60.5 Å². The maximum atomic E-state index is 5.82. The fraction of sp³-hybridized carbons (Fsp3) is 0.310. The zero-order valence-corrected chi connectivity index (χ0v) is 22.1. The van der Waals surface area contributed by atoms with Crippen molar-refractivity contribution >= 4 is 23.2 Å². The predicted octanol–water partition coefficient (Wildman–Crippen LogP) is 2.31. The van der Waals surface area contributed by atoms with Crippen molar-refractivity contribution in [2.75, 3.05) is 19.4 Å². The van der Waals surface area contributed by atoms with Gasteiger partial charge in [-0.15, -0.1) is 5.92 Å². The number of ether oxygens (including phenoxy) is 2. The molecule has 1 fully saturated rings. The van der Waals surface area contributed by atoms with Gasteiger partial charge in [-0.2, -0.15) is 0 Å². The maximum Gasteiger partial charge on any atom is 0.157 e. The van der Waals surface area contributed by atoms with Crippen LogP contribution in [0.15, 0.2) is 91.0 Å². The van der Waals surface area contributed by atoms with Crippen molar-refractivity contribution in [2.24, 2.45) is 0 Å². The van der Waals surface area contributed by atoms with Gasteiger partial charge in [0, 0.05) is 19.4 Å². The highest BCUT2D eigenvalue weighted by molar-refractivity contribution is 7.95. The lowest BCUT2D eigenvalue weighted by Gasteiger charge is -2.27. The minimum Gasteiger partial charge on any atom is -1.00 e. The Morgan fingerprint density at radius 2 is 1.24 bits per heavy atom. The highest BCUT2D eigenvalue weighted by Gasteiger charge is 2.44. The summed E-state index contributed by atoms with van der Waals surface area (Å²) in [5, 5.41) is 4.24. The van der Waals surface area contributed by atoms with Crippen molar-refractivity contribution in [1.29, 1.82) is 0 Å². The molecule has 3 aromatic carbocycles. The first-order valence-corrected chi connectivity index (χ1v) is 13.6. The molecule has 0 saturated carbocycles. The predicted molar refractivity (Wildman–Crippen MR) is 137 cm³/mol. The second-order valence-electron chi connectivity index (χ2n) is 8.06. The molecular formula is C29H32IO2P. The Labute approximate surface area is 216 Å². The molecule has 1 heterocycles. The summed E-state index contributed by atoms with van der Waals surface area (Å²) in [5.41, 5.74) is 0. The molecule has 1 saturated heterocycles. The molecule has 0 N–H and O–H groups in total. The zero-order chi connectivity index (χ0) is 21.9. The summed E-state index contributed by atoms with van der Waals surface area (Å²) in [4.78, 5) is 0. The molecule has 1 aliphatic heterocycles. The largest absolute Gasteiger partial charge is 1.00 e. The Hall–Kier alpha value is -1.70.